The molecule has 110 valence electrons. The van der Waals surface area contributed by atoms with Gasteiger partial charge in [0, 0.05) is 30.9 Å². The number of benzene rings is 1. The number of nitro benzene ring substituents is 1. The van der Waals surface area contributed by atoms with Crippen molar-refractivity contribution in [1.82, 2.24) is 0 Å². The van der Waals surface area contributed by atoms with Crippen LogP contribution in [0.1, 0.15) is 19.8 Å². The number of piperidine rings is 1. The van der Waals surface area contributed by atoms with Gasteiger partial charge >= 0.3 is 0 Å². The Hall–Kier alpha value is -1.82. The smallest absolute Gasteiger partial charge is 0.275 e. The maximum absolute atomic E-state index is 11.0. The van der Waals surface area contributed by atoms with E-state index in [9.17, 15) is 10.1 Å². The minimum absolute atomic E-state index is 0.0702. The molecule has 1 aromatic carbocycles. The second kappa shape index (κ2) is 6.56. The number of hydrogen-bond donors (Lipinski definition) is 1. The topological polar surface area (TPSA) is 81.6 Å². The summed E-state index contributed by atoms with van der Waals surface area (Å²) in [5.74, 6) is 1.00. The molecule has 0 bridgehead atoms. The van der Waals surface area contributed by atoms with Gasteiger partial charge in [-0.25, -0.2) is 0 Å². The van der Waals surface area contributed by atoms with E-state index in [0.29, 0.717) is 24.8 Å². The molecule has 1 aromatic rings. The zero-order chi connectivity index (χ0) is 14.5. The van der Waals surface area contributed by atoms with Gasteiger partial charge in [0.25, 0.3) is 5.69 Å². The van der Waals surface area contributed by atoms with E-state index in [1.54, 1.807) is 6.07 Å². The van der Waals surface area contributed by atoms with Crippen LogP contribution in [0.25, 0.3) is 0 Å². The maximum Gasteiger partial charge on any atom is 0.275 e. The predicted octanol–water partition coefficient (Wildman–Crippen LogP) is 2.17. The lowest BCUT2D eigenvalue weighted by Gasteiger charge is -2.33. The highest BCUT2D eigenvalue weighted by molar-refractivity contribution is 5.58. The highest BCUT2D eigenvalue weighted by atomic mass is 16.6. The van der Waals surface area contributed by atoms with E-state index in [2.05, 4.69) is 4.90 Å². The van der Waals surface area contributed by atoms with E-state index in [1.165, 1.54) is 6.07 Å². The molecule has 0 amide bonds. The van der Waals surface area contributed by atoms with Crippen LogP contribution in [-0.2, 0) is 0 Å². The monoisotopic (exact) mass is 279 g/mol. The summed E-state index contributed by atoms with van der Waals surface area (Å²) in [6, 6.07) is 4.95. The summed E-state index contributed by atoms with van der Waals surface area (Å²) in [6.45, 7) is 4.77. The van der Waals surface area contributed by atoms with Crippen molar-refractivity contribution >= 4 is 11.4 Å². The molecule has 0 aromatic heterocycles. The van der Waals surface area contributed by atoms with E-state index >= 15 is 0 Å². The summed E-state index contributed by atoms with van der Waals surface area (Å²) in [7, 11) is 0. The van der Waals surface area contributed by atoms with Crippen LogP contribution in [0.4, 0.5) is 11.4 Å². The van der Waals surface area contributed by atoms with Gasteiger partial charge in [-0.05, 0) is 32.2 Å². The molecule has 6 nitrogen and oxygen atoms in total. The fraction of sp³-hybridized carbons (Fsp3) is 0.571. The fourth-order valence-electron chi connectivity index (χ4n) is 2.60. The lowest BCUT2D eigenvalue weighted by molar-refractivity contribution is -0.384. The van der Waals surface area contributed by atoms with E-state index in [0.717, 1.165) is 31.6 Å². The van der Waals surface area contributed by atoms with Crippen molar-refractivity contribution in [2.45, 2.75) is 19.8 Å². The molecule has 2 rings (SSSR count). The molecular weight excluding hydrogens is 258 g/mol. The first-order chi connectivity index (χ1) is 9.63. The van der Waals surface area contributed by atoms with Gasteiger partial charge in [0.2, 0.25) is 0 Å². The Labute approximate surface area is 118 Å². The van der Waals surface area contributed by atoms with Gasteiger partial charge in [-0.2, -0.15) is 0 Å². The number of nitro groups is 1. The number of nitrogens with two attached hydrogens (primary N) is 1. The average Bonchev–Trinajstić information content (AvgIpc) is 2.47. The Kier molecular flexibility index (Phi) is 4.79. The first-order valence-electron chi connectivity index (χ1n) is 7.01. The summed E-state index contributed by atoms with van der Waals surface area (Å²) >= 11 is 0. The largest absolute Gasteiger partial charge is 0.494 e. The van der Waals surface area contributed by atoms with Gasteiger partial charge in [-0.3, -0.25) is 10.1 Å². The van der Waals surface area contributed by atoms with Crippen LogP contribution in [-0.4, -0.2) is 31.2 Å². The average molecular weight is 279 g/mol. The van der Waals surface area contributed by atoms with Crippen molar-refractivity contribution in [3.05, 3.63) is 28.3 Å². The normalized spacial score (nSPS) is 18.9. The Balaban J connectivity index is 2.27. The minimum Gasteiger partial charge on any atom is -0.494 e. The second-order valence-electron chi connectivity index (χ2n) is 5.07. The summed E-state index contributed by atoms with van der Waals surface area (Å²) in [5, 5.41) is 11.0. The predicted molar refractivity (Wildman–Crippen MR) is 78.3 cm³/mol. The summed E-state index contributed by atoms with van der Waals surface area (Å²) in [4.78, 5) is 12.8. The van der Waals surface area contributed by atoms with Gasteiger partial charge in [0.05, 0.1) is 17.6 Å². The first-order valence-corrected chi connectivity index (χ1v) is 7.01. The fourth-order valence-corrected chi connectivity index (χ4v) is 2.60. The van der Waals surface area contributed by atoms with Crippen LogP contribution >= 0.6 is 0 Å². The van der Waals surface area contributed by atoms with E-state index in [4.69, 9.17) is 10.5 Å². The van der Waals surface area contributed by atoms with Gasteiger partial charge in [-0.1, -0.05) is 0 Å². The quantitative estimate of drug-likeness (QED) is 0.660. The van der Waals surface area contributed by atoms with Crippen LogP contribution < -0.4 is 15.4 Å². The number of anilines is 1. The number of rotatable bonds is 5. The number of ether oxygens (including phenoxy) is 1. The first kappa shape index (κ1) is 14.6. The van der Waals surface area contributed by atoms with Crippen molar-refractivity contribution in [2.24, 2.45) is 11.7 Å². The standard InChI is InChI=1S/C14H21N3O3/c1-2-20-14-7-12(6-13(8-14)17(18)19)16-5-3-4-11(9-15)10-16/h6-8,11H,2-5,9-10,15H2,1H3. The third-order valence-electron chi connectivity index (χ3n) is 3.62. The lowest BCUT2D eigenvalue weighted by Crippen LogP contribution is -2.38. The Morgan fingerprint density at radius 1 is 1.50 bits per heavy atom. The Morgan fingerprint density at radius 2 is 2.30 bits per heavy atom. The third kappa shape index (κ3) is 3.39. The van der Waals surface area contributed by atoms with Crippen molar-refractivity contribution in [3.8, 4) is 5.75 Å². The summed E-state index contributed by atoms with van der Waals surface area (Å²) < 4.78 is 5.43. The van der Waals surface area contributed by atoms with Crippen LogP contribution in [0.5, 0.6) is 5.75 Å². The number of non-ortho nitro benzene ring substituents is 1. The second-order valence-corrected chi connectivity index (χ2v) is 5.07. The number of nitrogens with zero attached hydrogens (tertiary/aromatic N) is 2. The molecule has 1 saturated heterocycles. The van der Waals surface area contributed by atoms with Crippen LogP contribution in [0, 0.1) is 16.0 Å². The zero-order valence-corrected chi connectivity index (χ0v) is 11.7. The van der Waals surface area contributed by atoms with Crippen molar-refractivity contribution < 1.29 is 9.66 Å². The molecule has 1 aliphatic rings. The molecule has 1 heterocycles. The summed E-state index contributed by atoms with van der Waals surface area (Å²) in [5.41, 5.74) is 6.66. The molecule has 0 aliphatic carbocycles. The molecule has 1 unspecified atom stereocenters. The van der Waals surface area contributed by atoms with Crippen molar-refractivity contribution in [3.63, 3.8) is 0 Å². The Bertz CT molecular complexity index is 479. The molecule has 0 spiro atoms. The van der Waals surface area contributed by atoms with Gasteiger partial charge in [0.1, 0.15) is 5.75 Å². The van der Waals surface area contributed by atoms with E-state index in [-0.39, 0.29) is 10.6 Å². The molecule has 2 N–H and O–H groups in total. The van der Waals surface area contributed by atoms with Gasteiger partial charge < -0.3 is 15.4 Å². The van der Waals surface area contributed by atoms with E-state index in [1.807, 2.05) is 13.0 Å². The third-order valence-corrected chi connectivity index (χ3v) is 3.62. The van der Waals surface area contributed by atoms with Crippen LogP contribution in [0.3, 0.4) is 0 Å². The van der Waals surface area contributed by atoms with Crippen LogP contribution in [0.15, 0.2) is 18.2 Å². The zero-order valence-electron chi connectivity index (χ0n) is 11.7. The van der Waals surface area contributed by atoms with E-state index < -0.39 is 0 Å². The van der Waals surface area contributed by atoms with Crippen molar-refractivity contribution in [2.75, 3.05) is 31.1 Å². The highest BCUT2D eigenvalue weighted by Gasteiger charge is 2.21. The summed E-state index contributed by atoms with van der Waals surface area (Å²) in [6.07, 6.45) is 2.19. The van der Waals surface area contributed by atoms with Gasteiger partial charge in [0.15, 0.2) is 0 Å². The Morgan fingerprint density at radius 3 is 2.95 bits per heavy atom. The molecule has 6 heteroatoms. The maximum atomic E-state index is 11.0. The van der Waals surface area contributed by atoms with Crippen LogP contribution in [0.2, 0.25) is 0 Å². The molecular formula is C14H21N3O3. The van der Waals surface area contributed by atoms with Crippen molar-refractivity contribution in [1.29, 1.82) is 0 Å². The SMILES string of the molecule is CCOc1cc(N2CCCC(CN)C2)cc([N+](=O)[O-])c1. The molecule has 1 atom stereocenters. The molecule has 20 heavy (non-hydrogen) atoms. The lowest BCUT2D eigenvalue weighted by atomic mass is 9.98. The highest BCUT2D eigenvalue weighted by Crippen LogP contribution is 2.31. The molecule has 0 radical (unpaired) electrons. The molecule has 0 saturated carbocycles. The molecule has 1 fully saturated rings. The van der Waals surface area contributed by atoms with Gasteiger partial charge in [-0.15, -0.1) is 0 Å². The molecule has 1 aliphatic heterocycles. The number of hydrogen-bond acceptors (Lipinski definition) is 5. The minimum atomic E-state index is -0.379.